The van der Waals surface area contributed by atoms with Gasteiger partial charge in [0.15, 0.2) is 0 Å². The van der Waals surface area contributed by atoms with E-state index in [4.69, 9.17) is 11.6 Å². The zero-order valence-corrected chi connectivity index (χ0v) is 8.97. The van der Waals surface area contributed by atoms with E-state index < -0.39 is 6.10 Å². The van der Waals surface area contributed by atoms with E-state index in [0.717, 1.165) is 11.1 Å². The summed E-state index contributed by atoms with van der Waals surface area (Å²) in [7, 11) is 0. The topological polar surface area (TPSA) is 20.2 Å². The Balaban J connectivity index is 3.05. The van der Waals surface area contributed by atoms with Crippen LogP contribution in [0.2, 0.25) is 0 Å². The largest absolute Gasteiger partial charge is 0.392 e. The van der Waals surface area contributed by atoms with E-state index in [9.17, 15) is 5.11 Å². The molecule has 0 heterocycles. The number of aryl methyl sites for hydroxylation is 2. The normalized spacial score (nSPS) is 15.5. The Morgan fingerprint density at radius 3 is 2.46 bits per heavy atom. The Labute approximate surface area is 84.4 Å². The zero-order valence-electron chi connectivity index (χ0n) is 8.21. The molecule has 0 amide bonds. The molecule has 2 heteroatoms. The number of aliphatic hydroxyl groups is 1. The van der Waals surface area contributed by atoms with Crippen LogP contribution in [0.15, 0.2) is 18.2 Å². The number of hydrogen-bond donors (Lipinski definition) is 1. The summed E-state index contributed by atoms with van der Waals surface area (Å²) in [5, 5.41) is 9.05. The Kier molecular flexibility index (Phi) is 3.34. The molecule has 0 aromatic heterocycles. The first-order chi connectivity index (χ1) is 6.02. The van der Waals surface area contributed by atoms with Crippen molar-refractivity contribution in [1.82, 2.24) is 0 Å². The van der Waals surface area contributed by atoms with Crippen molar-refractivity contribution >= 4 is 11.6 Å². The molecule has 0 saturated carbocycles. The van der Waals surface area contributed by atoms with Crippen molar-refractivity contribution < 1.29 is 5.11 Å². The van der Waals surface area contributed by atoms with Crippen LogP contribution < -0.4 is 0 Å². The number of rotatable bonds is 2. The Hall–Kier alpha value is -0.530. The van der Waals surface area contributed by atoms with Gasteiger partial charge < -0.3 is 5.11 Å². The zero-order chi connectivity index (χ0) is 10.0. The van der Waals surface area contributed by atoms with Crippen molar-refractivity contribution in [3.8, 4) is 0 Å². The lowest BCUT2D eigenvalue weighted by molar-refractivity contribution is 0.189. The maximum absolute atomic E-state index is 9.36. The third-order valence-corrected chi connectivity index (χ3v) is 2.76. The first-order valence-corrected chi connectivity index (χ1v) is 4.85. The van der Waals surface area contributed by atoms with Gasteiger partial charge in [0.05, 0.1) is 11.5 Å². The maximum atomic E-state index is 9.36. The maximum Gasteiger partial charge on any atom is 0.0844 e. The molecule has 0 radical (unpaired) electrons. The van der Waals surface area contributed by atoms with Crippen molar-refractivity contribution in [2.45, 2.75) is 32.3 Å². The van der Waals surface area contributed by atoms with Gasteiger partial charge in [-0.15, -0.1) is 11.6 Å². The smallest absolute Gasteiger partial charge is 0.0844 e. The molecule has 1 rings (SSSR count). The molecule has 1 aromatic rings. The van der Waals surface area contributed by atoms with Crippen LogP contribution in [0, 0.1) is 13.8 Å². The van der Waals surface area contributed by atoms with Gasteiger partial charge in [0.25, 0.3) is 0 Å². The highest BCUT2D eigenvalue weighted by atomic mass is 35.5. The highest BCUT2D eigenvalue weighted by Crippen LogP contribution is 2.27. The van der Waals surface area contributed by atoms with Gasteiger partial charge in [-0.1, -0.05) is 23.8 Å². The van der Waals surface area contributed by atoms with Crippen LogP contribution in [0.4, 0.5) is 0 Å². The second-order valence-corrected chi connectivity index (χ2v) is 3.97. The minimum atomic E-state index is -0.512. The van der Waals surface area contributed by atoms with E-state index in [1.54, 1.807) is 6.92 Å². The fourth-order valence-electron chi connectivity index (χ4n) is 1.32. The number of hydrogen-bond acceptors (Lipinski definition) is 1. The summed E-state index contributed by atoms with van der Waals surface area (Å²) in [5.74, 6) is 0. The summed E-state index contributed by atoms with van der Waals surface area (Å²) in [6.07, 6.45) is -0.512. The third-order valence-electron chi connectivity index (χ3n) is 2.16. The van der Waals surface area contributed by atoms with Crippen molar-refractivity contribution in [3.63, 3.8) is 0 Å². The predicted octanol–water partition coefficient (Wildman–Crippen LogP) is 2.96. The Morgan fingerprint density at radius 2 is 1.92 bits per heavy atom. The molecule has 1 nitrogen and oxygen atoms in total. The summed E-state index contributed by atoms with van der Waals surface area (Å²) in [5.41, 5.74) is 3.33. The van der Waals surface area contributed by atoms with Gasteiger partial charge in [-0.3, -0.25) is 0 Å². The van der Waals surface area contributed by atoms with Crippen molar-refractivity contribution in [3.05, 3.63) is 34.9 Å². The third kappa shape index (κ3) is 2.45. The van der Waals surface area contributed by atoms with Crippen LogP contribution in [-0.4, -0.2) is 11.2 Å². The van der Waals surface area contributed by atoms with Gasteiger partial charge in [-0.25, -0.2) is 0 Å². The molecule has 0 fully saturated rings. The van der Waals surface area contributed by atoms with Crippen LogP contribution in [0.25, 0.3) is 0 Å². The lowest BCUT2D eigenvalue weighted by Crippen LogP contribution is -2.10. The molecule has 1 aromatic carbocycles. The van der Waals surface area contributed by atoms with Crippen LogP contribution in [0.5, 0.6) is 0 Å². The summed E-state index contributed by atoms with van der Waals surface area (Å²) >= 11 is 6.07. The van der Waals surface area contributed by atoms with Crippen molar-refractivity contribution in [1.29, 1.82) is 0 Å². The monoisotopic (exact) mass is 198 g/mol. The van der Waals surface area contributed by atoms with E-state index in [1.165, 1.54) is 5.56 Å². The van der Waals surface area contributed by atoms with Crippen LogP contribution >= 0.6 is 11.6 Å². The minimum absolute atomic E-state index is 0.306. The molecule has 72 valence electrons. The molecule has 0 aliphatic heterocycles. The summed E-state index contributed by atoms with van der Waals surface area (Å²) in [4.78, 5) is 0. The number of alkyl halides is 1. The van der Waals surface area contributed by atoms with Gasteiger partial charge in [0.1, 0.15) is 0 Å². The summed E-state index contributed by atoms with van der Waals surface area (Å²) < 4.78 is 0. The van der Waals surface area contributed by atoms with E-state index in [2.05, 4.69) is 0 Å². The number of benzene rings is 1. The average molecular weight is 199 g/mol. The molecule has 1 N–H and O–H groups in total. The molecule has 0 aliphatic carbocycles. The van der Waals surface area contributed by atoms with Gasteiger partial charge in [-0.2, -0.15) is 0 Å². The molecule has 0 spiro atoms. The van der Waals surface area contributed by atoms with Crippen LogP contribution in [-0.2, 0) is 0 Å². The average Bonchev–Trinajstić information content (AvgIpc) is 2.08. The van der Waals surface area contributed by atoms with Crippen LogP contribution in [0.1, 0.15) is 29.0 Å². The number of halogens is 1. The second kappa shape index (κ2) is 4.12. The fraction of sp³-hybridized carbons (Fsp3) is 0.455. The molecule has 13 heavy (non-hydrogen) atoms. The summed E-state index contributed by atoms with van der Waals surface area (Å²) in [6, 6.07) is 6.10. The van der Waals surface area contributed by atoms with E-state index in [0.29, 0.717) is 0 Å². The highest BCUT2D eigenvalue weighted by molar-refractivity contribution is 6.21. The van der Waals surface area contributed by atoms with Gasteiger partial charge >= 0.3 is 0 Å². The molecule has 2 atom stereocenters. The lowest BCUT2D eigenvalue weighted by Gasteiger charge is -2.15. The quantitative estimate of drug-likeness (QED) is 0.725. The Morgan fingerprint density at radius 1 is 1.31 bits per heavy atom. The first-order valence-electron chi connectivity index (χ1n) is 4.41. The van der Waals surface area contributed by atoms with Crippen LogP contribution in [0.3, 0.4) is 0 Å². The lowest BCUT2D eigenvalue weighted by atomic mass is 10.0. The minimum Gasteiger partial charge on any atom is -0.392 e. The molecular weight excluding hydrogens is 184 g/mol. The van der Waals surface area contributed by atoms with Gasteiger partial charge in [0.2, 0.25) is 0 Å². The Bertz CT molecular complexity index is 294. The van der Waals surface area contributed by atoms with E-state index >= 15 is 0 Å². The molecule has 2 unspecified atom stereocenters. The van der Waals surface area contributed by atoms with Crippen molar-refractivity contribution in [2.24, 2.45) is 0 Å². The van der Waals surface area contributed by atoms with E-state index in [-0.39, 0.29) is 5.38 Å². The molecule has 0 bridgehead atoms. The SMILES string of the molecule is Cc1ccc(C)c(C(Cl)C(C)O)c1. The van der Waals surface area contributed by atoms with Gasteiger partial charge in [-0.05, 0) is 31.9 Å². The van der Waals surface area contributed by atoms with Gasteiger partial charge in [0, 0.05) is 0 Å². The number of aliphatic hydroxyl groups excluding tert-OH is 1. The first kappa shape index (κ1) is 10.6. The fourth-order valence-corrected chi connectivity index (χ4v) is 1.55. The molecule has 0 aliphatic rings. The molecule has 0 saturated heterocycles. The standard InChI is InChI=1S/C11H15ClO/c1-7-4-5-8(2)10(6-7)11(12)9(3)13/h4-6,9,11,13H,1-3H3. The molecular formula is C11H15ClO. The predicted molar refractivity (Wildman–Crippen MR) is 56.2 cm³/mol. The second-order valence-electron chi connectivity index (χ2n) is 3.50. The van der Waals surface area contributed by atoms with Crippen molar-refractivity contribution in [2.75, 3.05) is 0 Å². The summed E-state index contributed by atoms with van der Waals surface area (Å²) in [6.45, 7) is 5.74. The highest BCUT2D eigenvalue weighted by Gasteiger charge is 2.15. The van der Waals surface area contributed by atoms with E-state index in [1.807, 2.05) is 32.0 Å².